The Morgan fingerprint density at radius 2 is 1.46 bits per heavy atom. The molecule has 0 aliphatic carbocycles. The second-order valence-electron chi connectivity index (χ2n) is 6.20. The van der Waals surface area contributed by atoms with Gasteiger partial charge in [0, 0.05) is 13.0 Å². The molecule has 1 aliphatic rings. The van der Waals surface area contributed by atoms with Crippen molar-refractivity contribution >= 4 is 17.9 Å². The molecule has 1 saturated heterocycles. The van der Waals surface area contributed by atoms with Crippen molar-refractivity contribution in [2.24, 2.45) is 0 Å². The number of aliphatic carboxylic acids is 1. The predicted molar refractivity (Wildman–Crippen MR) is 95.4 cm³/mol. The van der Waals surface area contributed by atoms with Crippen molar-refractivity contribution in [3.8, 4) is 0 Å². The summed E-state index contributed by atoms with van der Waals surface area (Å²) in [6, 6.07) is 17.9. The molecular weight excluding hydrogens is 332 g/mol. The summed E-state index contributed by atoms with van der Waals surface area (Å²) in [5.41, 5.74) is 0.156. The molecule has 0 radical (unpaired) electrons. The van der Waals surface area contributed by atoms with Crippen molar-refractivity contribution in [3.05, 3.63) is 71.8 Å². The third-order valence-electron chi connectivity index (χ3n) is 4.60. The largest absolute Gasteiger partial charge is 0.481 e. The van der Waals surface area contributed by atoms with E-state index in [1.165, 1.54) is 4.90 Å². The van der Waals surface area contributed by atoms with Gasteiger partial charge in [0.2, 0.25) is 0 Å². The number of rotatable bonds is 7. The van der Waals surface area contributed by atoms with Crippen LogP contribution in [-0.4, -0.2) is 34.5 Å². The molecule has 3 amide bonds. The number of carboxylic acid groups (broad SMARTS) is 1. The second kappa shape index (κ2) is 7.39. The number of carbonyl (C=O) groups excluding carboxylic acids is 2. The molecule has 6 heteroatoms. The van der Waals surface area contributed by atoms with Crippen LogP contribution >= 0.6 is 0 Å². The first-order chi connectivity index (χ1) is 12.6. The van der Waals surface area contributed by atoms with Gasteiger partial charge in [-0.15, -0.1) is 0 Å². The summed E-state index contributed by atoms with van der Waals surface area (Å²) in [5.74, 6) is -1.26. The van der Waals surface area contributed by atoms with Crippen LogP contribution in [0.15, 0.2) is 60.7 Å². The van der Waals surface area contributed by atoms with Crippen LogP contribution in [0.25, 0.3) is 0 Å². The van der Waals surface area contributed by atoms with E-state index in [1.54, 1.807) is 0 Å². The molecule has 2 N–H and O–H groups in total. The van der Waals surface area contributed by atoms with E-state index in [4.69, 9.17) is 5.11 Å². The smallest absolute Gasteiger partial charge is 0.325 e. The van der Waals surface area contributed by atoms with E-state index in [0.29, 0.717) is 24.0 Å². The zero-order chi connectivity index (χ0) is 18.6. The highest BCUT2D eigenvalue weighted by molar-refractivity contribution is 6.09. The Hall–Kier alpha value is -3.15. The Morgan fingerprint density at radius 1 is 0.923 bits per heavy atom. The van der Waals surface area contributed by atoms with E-state index < -0.39 is 23.4 Å². The number of carboxylic acids is 1. The fourth-order valence-corrected chi connectivity index (χ4v) is 3.44. The molecular formula is C20H20N2O4. The SMILES string of the molecule is O=C(O)CCCCN1C(=O)NC(=O)C1(c1ccccc1)c1ccccc1. The highest BCUT2D eigenvalue weighted by Gasteiger charge is 2.55. The lowest BCUT2D eigenvalue weighted by Gasteiger charge is -2.36. The molecule has 0 bridgehead atoms. The lowest BCUT2D eigenvalue weighted by atomic mass is 9.81. The van der Waals surface area contributed by atoms with Crippen molar-refractivity contribution in [1.82, 2.24) is 10.2 Å². The van der Waals surface area contributed by atoms with Crippen LogP contribution < -0.4 is 5.32 Å². The zero-order valence-corrected chi connectivity index (χ0v) is 14.2. The molecule has 0 saturated carbocycles. The first-order valence-electron chi connectivity index (χ1n) is 8.52. The lowest BCUT2D eigenvalue weighted by molar-refractivity contribution is -0.137. The lowest BCUT2D eigenvalue weighted by Crippen LogP contribution is -2.48. The molecule has 3 rings (SSSR count). The number of amides is 3. The van der Waals surface area contributed by atoms with Gasteiger partial charge in [-0.3, -0.25) is 14.9 Å². The van der Waals surface area contributed by atoms with Crippen molar-refractivity contribution in [2.75, 3.05) is 6.54 Å². The fraction of sp³-hybridized carbons (Fsp3) is 0.250. The molecule has 0 atom stereocenters. The minimum atomic E-state index is -1.25. The Bertz CT molecular complexity index is 766. The molecule has 26 heavy (non-hydrogen) atoms. The van der Waals surface area contributed by atoms with E-state index >= 15 is 0 Å². The first kappa shape index (κ1) is 17.7. The maximum Gasteiger partial charge on any atom is 0.325 e. The van der Waals surface area contributed by atoms with E-state index in [2.05, 4.69) is 5.32 Å². The summed E-state index contributed by atoms with van der Waals surface area (Å²) in [4.78, 5) is 37.8. The summed E-state index contributed by atoms with van der Waals surface area (Å²) in [6.45, 7) is 0.286. The number of benzene rings is 2. The van der Waals surface area contributed by atoms with Crippen LogP contribution in [0.4, 0.5) is 4.79 Å². The molecule has 0 unspecified atom stereocenters. The topological polar surface area (TPSA) is 86.7 Å². The predicted octanol–water partition coefficient (Wildman–Crippen LogP) is 2.74. The van der Waals surface area contributed by atoms with Gasteiger partial charge in [0.05, 0.1) is 0 Å². The van der Waals surface area contributed by atoms with Gasteiger partial charge in [0.25, 0.3) is 5.91 Å². The van der Waals surface area contributed by atoms with Crippen LogP contribution in [0.1, 0.15) is 30.4 Å². The molecule has 134 valence electrons. The van der Waals surface area contributed by atoms with Gasteiger partial charge in [-0.2, -0.15) is 0 Å². The molecule has 1 heterocycles. The molecule has 6 nitrogen and oxygen atoms in total. The summed E-state index contributed by atoms with van der Waals surface area (Å²) in [5, 5.41) is 11.2. The maximum absolute atomic E-state index is 13.0. The number of hydrogen-bond donors (Lipinski definition) is 2. The number of nitrogens with one attached hydrogen (secondary N) is 1. The van der Waals surface area contributed by atoms with Gasteiger partial charge >= 0.3 is 12.0 Å². The number of unbranched alkanes of at least 4 members (excludes halogenated alkanes) is 1. The third-order valence-corrected chi connectivity index (χ3v) is 4.60. The second-order valence-corrected chi connectivity index (χ2v) is 6.20. The number of urea groups is 1. The standard InChI is InChI=1S/C20H20N2O4/c23-17(24)13-7-8-14-22-19(26)21-18(25)20(22,15-9-3-1-4-10-15)16-11-5-2-6-12-16/h1-6,9-12H,7-8,13-14H2,(H,23,24)(H,21,25,26). The first-order valence-corrected chi connectivity index (χ1v) is 8.52. The van der Waals surface area contributed by atoms with Gasteiger partial charge in [-0.05, 0) is 24.0 Å². The van der Waals surface area contributed by atoms with Crippen molar-refractivity contribution in [3.63, 3.8) is 0 Å². The molecule has 2 aromatic carbocycles. The quantitative estimate of drug-likeness (QED) is 0.592. The average molecular weight is 352 g/mol. The van der Waals surface area contributed by atoms with Crippen molar-refractivity contribution < 1.29 is 19.5 Å². The number of carbonyl (C=O) groups is 3. The van der Waals surface area contributed by atoms with Gasteiger partial charge in [-0.25, -0.2) is 4.79 Å². The summed E-state index contributed by atoms with van der Waals surface area (Å²) < 4.78 is 0. The molecule has 2 aromatic rings. The van der Waals surface area contributed by atoms with E-state index in [9.17, 15) is 14.4 Å². The molecule has 1 fully saturated rings. The Balaban J connectivity index is 2.03. The number of imide groups is 1. The van der Waals surface area contributed by atoms with Gasteiger partial charge < -0.3 is 10.0 Å². The van der Waals surface area contributed by atoms with Crippen molar-refractivity contribution in [2.45, 2.75) is 24.8 Å². The number of hydrogen-bond acceptors (Lipinski definition) is 3. The number of nitrogens with zero attached hydrogens (tertiary/aromatic N) is 1. The Labute approximate surface area is 151 Å². The summed E-state index contributed by atoms with van der Waals surface area (Å²) >= 11 is 0. The highest BCUT2D eigenvalue weighted by atomic mass is 16.4. The molecule has 0 aromatic heterocycles. The minimum Gasteiger partial charge on any atom is -0.481 e. The van der Waals surface area contributed by atoms with Crippen LogP contribution in [0.2, 0.25) is 0 Å². The fourth-order valence-electron chi connectivity index (χ4n) is 3.44. The van der Waals surface area contributed by atoms with Crippen LogP contribution in [0, 0.1) is 0 Å². The summed E-state index contributed by atoms with van der Waals surface area (Å²) in [7, 11) is 0. The van der Waals surface area contributed by atoms with E-state index in [-0.39, 0.29) is 13.0 Å². The van der Waals surface area contributed by atoms with Gasteiger partial charge in [0.15, 0.2) is 5.54 Å². The maximum atomic E-state index is 13.0. The zero-order valence-electron chi connectivity index (χ0n) is 14.2. The molecule has 0 spiro atoms. The van der Waals surface area contributed by atoms with Crippen LogP contribution in [0.3, 0.4) is 0 Å². The van der Waals surface area contributed by atoms with E-state index in [1.807, 2.05) is 60.7 Å². The average Bonchev–Trinajstić information content (AvgIpc) is 2.90. The normalized spacial score (nSPS) is 15.8. The van der Waals surface area contributed by atoms with Gasteiger partial charge in [0.1, 0.15) is 0 Å². The highest BCUT2D eigenvalue weighted by Crippen LogP contribution is 2.39. The third kappa shape index (κ3) is 3.06. The van der Waals surface area contributed by atoms with Crippen LogP contribution in [-0.2, 0) is 15.1 Å². The molecule has 1 aliphatic heterocycles. The van der Waals surface area contributed by atoms with E-state index in [0.717, 1.165) is 0 Å². The van der Waals surface area contributed by atoms with Crippen molar-refractivity contribution in [1.29, 1.82) is 0 Å². The Kier molecular flexibility index (Phi) is 5.02. The van der Waals surface area contributed by atoms with Crippen LogP contribution in [0.5, 0.6) is 0 Å². The monoisotopic (exact) mass is 352 g/mol. The summed E-state index contributed by atoms with van der Waals surface area (Å²) in [6.07, 6.45) is 0.967. The van der Waals surface area contributed by atoms with Gasteiger partial charge in [-0.1, -0.05) is 60.7 Å². The Morgan fingerprint density at radius 3 is 1.96 bits per heavy atom. The minimum absolute atomic E-state index is 0.0348.